The second kappa shape index (κ2) is 6.38. The molecular weight excluding hydrogens is 328 g/mol. The van der Waals surface area contributed by atoms with Crippen molar-refractivity contribution < 1.29 is 27.1 Å². The first-order valence-corrected chi connectivity index (χ1v) is 6.76. The van der Waals surface area contributed by atoms with Crippen LogP contribution in [0.3, 0.4) is 0 Å². The summed E-state index contributed by atoms with van der Waals surface area (Å²) in [5, 5.41) is 0. The van der Waals surface area contributed by atoms with E-state index in [0.717, 1.165) is 29.2 Å². The minimum atomic E-state index is -4.62. The highest BCUT2D eigenvalue weighted by Crippen LogP contribution is 2.39. The van der Waals surface area contributed by atoms with E-state index in [1.165, 1.54) is 26.2 Å². The number of nitrogens with zero attached hydrogens (tertiary/aromatic N) is 1. The molecule has 0 saturated heterocycles. The van der Waals surface area contributed by atoms with Gasteiger partial charge in [0.15, 0.2) is 0 Å². The van der Waals surface area contributed by atoms with Gasteiger partial charge in [-0.15, -0.1) is 0 Å². The average molecular weight is 342 g/mol. The van der Waals surface area contributed by atoms with E-state index in [-0.39, 0.29) is 17.1 Å². The Balaban J connectivity index is 2.66. The quantitative estimate of drug-likeness (QED) is 0.842. The normalized spacial score (nSPS) is 11.2. The first-order valence-electron chi connectivity index (χ1n) is 6.76. The lowest BCUT2D eigenvalue weighted by Crippen LogP contribution is -2.32. The van der Waals surface area contributed by atoms with Gasteiger partial charge in [-0.05, 0) is 42.8 Å². The van der Waals surface area contributed by atoms with Gasteiger partial charge in [-0.3, -0.25) is 4.90 Å². The molecule has 0 saturated carbocycles. The zero-order valence-electron chi connectivity index (χ0n) is 12.8. The van der Waals surface area contributed by atoms with E-state index < -0.39 is 23.6 Å². The third-order valence-corrected chi connectivity index (χ3v) is 3.38. The zero-order valence-corrected chi connectivity index (χ0v) is 12.8. The van der Waals surface area contributed by atoms with Crippen LogP contribution in [0.1, 0.15) is 11.1 Å². The minimum Gasteiger partial charge on any atom is -0.495 e. The molecular formula is C16H14F4N2O2. The molecule has 128 valence electrons. The number of hydrogen-bond donors (Lipinski definition) is 1. The van der Waals surface area contributed by atoms with Crippen molar-refractivity contribution in [2.24, 2.45) is 5.73 Å². The molecule has 0 aliphatic rings. The lowest BCUT2D eigenvalue weighted by atomic mass is 10.1. The Morgan fingerprint density at radius 2 is 1.83 bits per heavy atom. The number of anilines is 2. The summed E-state index contributed by atoms with van der Waals surface area (Å²) >= 11 is 0. The predicted octanol–water partition coefficient (Wildman–Crippen LogP) is 4.38. The number of rotatable bonds is 3. The Morgan fingerprint density at radius 3 is 2.33 bits per heavy atom. The maximum atomic E-state index is 13.8. The van der Waals surface area contributed by atoms with Gasteiger partial charge in [-0.25, -0.2) is 9.18 Å². The SMILES string of the molecule is COc1ccc(C(F)(F)F)cc1N(C(N)=O)c1ccc(C)c(F)c1. The minimum absolute atomic E-state index is 0.0109. The number of nitrogens with two attached hydrogens (primary N) is 1. The topological polar surface area (TPSA) is 55.6 Å². The molecule has 2 aromatic carbocycles. The van der Waals surface area contributed by atoms with Gasteiger partial charge in [0, 0.05) is 0 Å². The largest absolute Gasteiger partial charge is 0.495 e. The Morgan fingerprint density at radius 1 is 1.17 bits per heavy atom. The first kappa shape index (κ1) is 17.6. The van der Waals surface area contributed by atoms with Crippen molar-refractivity contribution in [2.75, 3.05) is 12.0 Å². The highest BCUT2D eigenvalue weighted by molar-refractivity contribution is 6.00. The zero-order chi connectivity index (χ0) is 18.1. The molecule has 0 atom stereocenters. The van der Waals surface area contributed by atoms with Crippen LogP contribution in [0.15, 0.2) is 36.4 Å². The van der Waals surface area contributed by atoms with Crippen molar-refractivity contribution in [3.8, 4) is 5.75 Å². The molecule has 0 radical (unpaired) electrons. The van der Waals surface area contributed by atoms with E-state index in [2.05, 4.69) is 0 Å². The molecule has 0 bridgehead atoms. The molecule has 0 heterocycles. The fourth-order valence-corrected chi connectivity index (χ4v) is 2.15. The molecule has 0 aromatic heterocycles. The van der Waals surface area contributed by atoms with Gasteiger partial charge in [0.05, 0.1) is 24.0 Å². The summed E-state index contributed by atoms with van der Waals surface area (Å²) in [6.07, 6.45) is -4.62. The molecule has 0 aliphatic heterocycles. The fraction of sp³-hybridized carbons (Fsp3) is 0.188. The number of halogens is 4. The smallest absolute Gasteiger partial charge is 0.416 e. The van der Waals surface area contributed by atoms with E-state index in [1.54, 1.807) is 0 Å². The Labute approximate surface area is 135 Å². The summed E-state index contributed by atoms with van der Waals surface area (Å²) in [5.74, 6) is -0.632. The molecule has 2 rings (SSSR count). The molecule has 0 spiro atoms. The molecule has 24 heavy (non-hydrogen) atoms. The van der Waals surface area contributed by atoms with Crippen molar-refractivity contribution in [3.63, 3.8) is 0 Å². The lowest BCUT2D eigenvalue weighted by Gasteiger charge is -2.24. The van der Waals surface area contributed by atoms with Crippen LogP contribution >= 0.6 is 0 Å². The predicted molar refractivity (Wildman–Crippen MR) is 80.9 cm³/mol. The Hall–Kier alpha value is -2.77. The number of alkyl halides is 3. The van der Waals surface area contributed by atoms with Gasteiger partial charge in [0.2, 0.25) is 0 Å². The molecule has 2 aromatic rings. The first-order chi connectivity index (χ1) is 11.1. The number of carbonyl (C=O) groups is 1. The second-order valence-electron chi connectivity index (χ2n) is 4.99. The highest BCUT2D eigenvalue weighted by Gasteiger charge is 2.32. The third kappa shape index (κ3) is 3.42. The summed E-state index contributed by atoms with van der Waals surface area (Å²) in [6, 6.07) is 5.32. The van der Waals surface area contributed by atoms with Crippen molar-refractivity contribution in [2.45, 2.75) is 13.1 Å². The average Bonchev–Trinajstić information content (AvgIpc) is 2.49. The number of aryl methyl sites for hydroxylation is 1. The molecule has 0 aliphatic carbocycles. The van der Waals surface area contributed by atoms with Gasteiger partial charge < -0.3 is 10.5 Å². The number of amides is 2. The lowest BCUT2D eigenvalue weighted by molar-refractivity contribution is -0.137. The van der Waals surface area contributed by atoms with Gasteiger partial charge >= 0.3 is 12.2 Å². The van der Waals surface area contributed by atoms with Crippen LogP contribution in [0.2, 0.25) is 0 Å². The van der Waals surface area contributed by atoms with Crippen LogP contribution in [0, 0.1) is 12.7 Å². The molecule has 2 N–H and O–H groups in total. The number of methoxy groups -OCH3 is 1. The van der Waals surface area contributed by atoms with E-state index >= 15 is 0 Å². The number of urea groups is 1. The summed E-state index contributed by atoms with van der Waals surface area (Å²) < 4.78 is 57.6. The summed E-state index contributed by atoms with van der Waals surface area (Å²) in [6.45, 7) is 1.51. The standard InChI is InChI=1S/C16H14F4N2O2/c1-9-3-5-11(8-12(9)17)22(15(21)23)13-7-10(16(18,19)20)4-6-14(13)24-2/h3-8H,1-2H3,(H2,21,23). The molecule has 2 amide bonds. The van der Waals surface area contributed by atoms with Crippen LogP contribution in [-0.2, 0) is 6.18 Å². The second-order valence-corrected chi connectivity index (χ2v) is 4.99. The van der Waals surface area contributed by atoms with E-state index in [0.29, 0.717) is 5.56 Å². The molecule has 4 nitrogen and oxygen atoms in total. The highest BCUT2D eigenvalue weighted by atomic mass is 19.4. The number of hydrogen-bond acceptors (Lipinski definition) is 2. The summed E-state index contributed by atoms with van der Waals surface area (Å²) in [7, 11) is 1.24. The Kier molecular flexibility index (Phi) is 4.68. The van der Waals surface area contributed by atoms with Gasteiger partial charge in [-0.2, -0.15) is 13.2 Å². The molecule has 0 unspecified atom stereocenters. The van der Waals surface area contributed by atoms with Crippen molar-refractivity contribution in [1.29, 1.82) is 0 Å². The van der Waals surface area contributed by atoms with Crippen LogP contribution in [0.4, 0.5) is 33.7 Å². The maximum absolute atomic E-state index is 13.8. The Bertz CT molecular complexity index is 775. The van der Waals surface area contributed by atoms with E-state index in [1.807, 2.05) is 0 Å². The molecule has 8 heteroatoms. The number of primary amides is 1. The fourth-order valence-electron chi connectivity index (χ4n) is 2.15. The summed E-state index contributed by atoms with van der Waals surface area (Å²) in [4.78, 5) is 12.6. The van der Waals surface area contributed by atoms with Crippen LogP contribution in [-0.4, -0.2) is 13.1 Å². The maximum Gasteiger partial charge on any atom is 0.416 e. The van der Waals surface area contributed by atoms with Crippen LogP contribution in [0.25, 0.3) is 0 Å². The summed E-state index contributed by atoms with van der Waals surface area (Å²) in [5.41, 5.74) is 4.39. The molecule has 0 fully saturated rings. The van der Waals surface area contributed by atoms with E-state index in [4.69, 9.17) is 10.5 Å². The number of ether oxygens (including phenoxy) is 1. The van der Waals surface area contributed by atoms with Gasteiger partial charge in [0.1, 0.15) is 11.6 Å². The third-order valence-electron chi connectivity index (χ3n) is 3.38. The monoisotopic (exact) mass is 342 g/mol. The van der Waals surface area contributed by atoms with Gasteiger partial charge in [-0.1, -0.05) is 6.07 Å². The van der Waals surface area contributed by atoms with Gasteiger partial charge in [0.25, 0.3) is 0 Å². The number of carbonyl (C=O) groups excluding carboxylic acids is 1. The van der Waals surface area contributed by atoms with E-state index in [9.17, 15) is 22.4 Å². The van der Waals surface area contributed by atoms with Crippen LogP contribution < -0.4 is 15.4 Å². The van der Waals surface area contributed by atoms with Crippen LogP contribution in [0.5, 0.6) is 5.75 Å². The van der Waals surface area contributed by atoms with Crippen molar-refractivity contribution >= 4 is 17.4 Å². The number of benzene rings is 2. The van der Waals surface area contributed by atoms with Crippen molar-refractivity contribution in [1.82, 2.24) is 0 Å². The van der Waals surface area contributed by atoms with Crippen molar-refractivity contribution in [3.05, 3.63) is 53.3 Å².